The number of amides is 2. The first-order valence-corrected chi connectivity index (χ1v) is 10.4. The van der Waals surface area contributed by atoms with Gasteiger partial charge in [0.15, 0.2) is 0 Å². The van der Waals surface area contributed by atoms with Gasteiger partial charge in [-0.15, -0.1) is 0 Å². The van der Waals surface area contributed by atoms with Crippen LogP contribution in [-0.2, 0) is 11.8 Å². The third-order valence-electron chi connectivity index (χ3n) is 5.65. The minimum Gasteiger partial charge on any atom is -0.323 e. The molecule has 0 atom stereocenters. The lowest BCUT2D eigenvalue weighted by atomic mass is 9.88. The smallest absolute Gasteiger partial charge is 0.323 e. The van der Waals surface area contributed by atoms with Crippen molar-refractivity contribution in [2.75, 3.05) is 10.6 Å². The fourth-order valence-corrected chi connectivity index (χ4v) is 3.85. The molecule has 0 spiro atoms. The van der Waals surface area contributed by atoms with Gasteiger partial charge < -0.3 is 10.6 Å². The second kappa shape index (κ2) is 8.74. The number of nitrogens with one attached hydrogen (secondary N) is 3. The highest BCUT2D eigenvalue weighted by atomic mass is 19.1. The van der Waals surface area contributed by atoms with Crippen LogP contribution < -0.4 is 21.9 Å². The highest BCUT2D eigenvalue weighted by Crippen LogP contribution is 2.26. The summed E-state index contributed by atoms with van der Waals surface area (Å²) in [5, 5.41) is 5.38. The lowest BCUT2D eigenvalue weighted by Gasteiger charge is -2.21. The van der Waals surface area contributed by atoms with E-state index in [-0.39, 0.29) is 39.9 Å². The Balaban J connectivity index is 1.55. The number of rotatable bonds is 4. The summed E-state index contributed by atoms with van der Waals surface area (Å²) in [6.07, 6.45) is 4.62. The third-order valence-corrected chi connectivity index (χ3v) is 5.65. The van der Waals surface area contributed by atoms with Crippen LogP contribution in [0.4, 0.5) is 15.8 Å². The number of fused-ring (bicyclic) bond motifs is 1. The molecule has 2 heterocycles. The van der Waals surface area contributed by atoms with Crippen LogP contribution in [0, 0.1) is 11.7 Å². The highest BCUT2D eigenvalue weighted by molar-refractivity contribution is 6.04. The highest BCUT2D eigenvalue weighted by Gasteiger charge is 2.22. The van der Waals surface area contributed by atoms with E-state index in [0.29, 0.717) is 0 Å². The monoisotopic (exact) mass is 439 g/mol. The molecule has 3 aromatic rings. The van der Waals surface area contributed by atoms with Gasteiger partial charge in [0.1, 0.15) is 17.2 Å². The van der Waals surface area contributed by atoms with Gasteiger partial charge in [0.25, 0.3) is 11.5 Å². The number of aromatic amines is 1. The van der Waals surface area contributed by atoms with Crippen LogP contribution in [0.5, 0.6) is 0 Å². The molecule has 166 valence electrons. The van der Waals surface area contributed by atoms with E-state index in [1.165, 1.54) is 31.3 Å². The van der Waals surface area contributed by atoms with Gasteiger partial charge in [0.05, 0.1) is 11.1 Å². The van der Waals surface area contributed by atoms with E-state index in [0.717, 1.165) is 42.7 Å². The molecular formula is C22H22FN5O4. The Morgan fingerprint density at radius 2 is 1.84 bits per heavy atom. The standard InChI is InChI=1S/C22H22FN5O4/c1-28-18-14(20(30)27-22(28)32)8-10-16(25-18)21(31)24-13-7-9-15(23)17(11-13)26-19(29)12-5-3-2-4-6-12/h7-12H,2-6H2,1H3,(H,24,31)(H,26,29)(H,27,30,32). The van der Waals surface area contributed by atoms with E-state index >= 15 is 0 Å². The molecule has 0 unspecified atom stereocenters. The minimum atomic E-state index is -0.649. The molecule has 10 heteroatoms. The molecule has 1 aliphatic carbocycles. The third kappa shape index (κ3) is 4.29. The fraction of sp³-hybridized carbons (Fsp3) is 0.318. The van der Waals surface area contributed by atoms with Crippen molar-refractivity contribution < 1.29 is 14.0 Å². The topological polar surface area (TPSA) is 126 Å². The molecule has 0 saturated heterocycles. The number of hydrogen-bond acceptors (Lipinski definition) is 5. The Hall–Kier alpha value is -3.82. The van der Waals surface area contributed by atoms with Crippen LogP contribution in [0.3, 0.4) is 0 Å². The van der Waals surface area contributed by atoms with E-state index in [4.69, 9.17) is 0 Å². The number of carbonyl (C=O) groups is 2. The Morgan fingerprint density at radius 3 is 2.59 bits per heavy atom. The normalized spacial score (nSPS) is 14.3. The van der Waals surface area contributed by atoms with Gasteiger partial charge in [-0.25, -0.2) is 14.2 Å². The quantitative estimate of drug-likeness (QED) is 0.576. The molecule has 1 aliphatic rings. The van der Waals surface area contributed by atoms with E-state index in [1.54, 1.807) is 0 Å². The maximum absolute atomic E-state index is 14.2. The number of halogens is 1. The van der Waals surface area contributed by atoms with Gasteiger partial charge >= 0.3 is 5.69 Å². The Labute approximate surface area is 181 Å². The second-order valence-corrected chi connectivity index (χ2v) is 7.86. The van der Waals surface area contributed by atoms with Gasteiger partial charge in [-0.2, -0.15) is 0 Å². The van der Waals surface area contributed by atoms with Crippen LogP contribution in [0.25, 0.3) is 11.0 Å². The average Bonchev–Trinajstić information content (AvgIpc) is 2.80. The molecule has 2 aromatic heterocycles. The summed E-state index contributed by atoms with van der Waals surface area (Å²) in [7, 11) is 1.43. The Morgan fingerprint density at radius 1 is 1.09 bits per heavy atom. The van der Waals surface area contributed by atoms with Crippen molar-refractivity contribution in [2.45, 2.75) is 32.1 Å². The summed E-state index contributed by atoms with van der Waals surface area (Å²) in [4.78, 5) is 55.1. The van der Waals surface area contributed by atoms with Crippen molar-refractivity contribution in [2.24, 2.45) is 13.0 Å². The van der Waals surface area contributed by atoms with Crippen LogP contribution >= 0.6 is 0 Å². The SMILES string of the molecule is Cn1c(=O)[nH]c(=O)c2ccc(C(=O)Nc3ccc(F)c(NC(=O)C4CCCCC4)c3)nc21. The van der Waals surface area contributed by atoms with Crippen molar-refractivity contribution in [3.05, 3.63) is 62.7 Å². The largest absolute Gasteiger partial charge is 0.329 e. The fourth-order valence-electron chi connectivity index (χ4n) is 3.85. The molecule has 32 heavy (non-hydrogen) atoms. The number of benzene rings is 1. The molecular weight excluding hydrogens is 417 g/mol. The van der Waals surface area contributed by atoms with Crippen LogP contribution in [-0.4, -0.2) is 26.3 Å². The van der Waals surface area contributed by atoms with Crippen LogP contribution in [0.2, 0.25) is 0 Å². The van der Waals surface area contributed by atoms with Gasteiger partial charge in [0, 0.05) is 18.7 Å². The maximum atomic E-state index is 14.2. The number of carbonyl (C=O) groups excluding carboxylic acids is 2. The summed E-state index contributed by atoms with van der Waals surface area (Å²) in [5.41, 5.74) is -0.971. The average molecular weight is 439 g/mol. The molecule has 1 fully saturated rings. The summed E-state index contributed by atoms with van der Waals surface area (Å²) < 4.78 is 15.4. The zero-order chi connectivity index (χ0) is 22.8. The van der Waals surface area contributed by atoms with E-state index in [2.05, 4.69) is 20.6 Å². The first-order chi connectivity index (χ1) is 15.3. The lowest BCUT2D eigenvalue weighted by molar-refractivity contribution is -0.120. The summed E-state index contributed by atoms with van der Waals surface area (Å²) in [5.74, 6) is -1.59. The van der Waals surface area contributed by atoms with Crippen molar-refractivity contribution in [3.8, 4) is 0 Å². The van der Waals surface area contributed by atoms with Crippen molar-refractivity contribution in [3.63, 3.8) is 0 Å². The number of pyridine rings is 1. The number of H-pyrrole nitrogens is 1. The van der Waals surface area contributed by atoms with Gasteiger partial charge in [-0.1, -0.05) is 19.3 Å². The van der Waals surface area contributed by atoms with Crippen LogP contribution in [0.15, 0.2) is 39.9 Å². The number of anilines is 2. The van der Waals surface area contributed by atoms with Crippen molar-refractivity contribution >= 4 is 34.2 Å². The summed E-state index contributed by atoms with van der Waals surface area (Å²) in [6.45, 7) is 0. The molecule has 0 radical (unpaired) electrons. The Kier molecular flexibility index (Phi) is 5.85. The first-order valence-electron chi connectivity index (χ1n) is 10.4. The van der Waals surface area contributed by atoms with Crippen molar-refractivity contribution in [1.29, 1.82) is 0 Å². The summed E-state index contributed by atoms with van der Waals surface area (Å²) in [6, 6.07) is 6.62. The molecule has 4 rings (SSSR count). The van der Waals surface area contributed by atoms with E-state index in [9.17, 15) is 23.6 Å². The lowest BCUT2D eigenvalue weighted by Crippen LogP contribution is -2.29. The molecule has 9 nitrogen and oxygen atoms in total. The second-order valence-electron chi connectivity index (χ2n) is 7.86. The van der Waals surface area contributed by atoms with Gasteiger partial charge in [-0.3, -0.25) is 23.9 Å². The van der Waals surface area contributed by atoms with E-state index < -0.39 is 23.0 Å². The van der Waals surface area contributed by atoms with Gasteiger partial charge in [0.2, 0.25) is 5.91 Å². The maximum Gasteiger partial charge on any atom is 0.329 e. The molecule has 0 aliphatic heterocycles. The minimum absolute atomic E-state index is 0.0150. The van der Waals surface area contributed by atoms with Crippen molar-refractivity contribution in [1.82, 2.24) is 14.5 Å². The summed E-state index contributed by atoms with van der Waals surface area (Å²) >= 11 is 0. The van der Waals surface area contributed by atoms with E-state index in [1.807, 2.05) is 0 Å². The predicted molar refractivity (Wildman–Crippen MR) is 117 cm³/mol. The first kappa shape index (κ1) is 21.4. The number of aryl methyl sites for hydroxylation is 1. The predicted octanol–water partition coefficient (Wildman–Crippen LogP) is 2.53. The molecule has 0 bridgehead atoms. The molecule has 1 aromatic carbocycles. The molecule has 2 amide bonds. The number of aromatic nitrogens is 3. The number of nitrogens with zero attached hydrogens (tertiary/aromatic N) is 2. The zero-order valence-electron chi connectivity index (χ0n) is 17.4. The Bertz CT molecular complexity index is 1320. The molecule has 3 N–H and O–H groups in total. The number of hydrogen-bond donors (Lipinski definition) is 3. The van der Waals surface area contributed by atoms with Gasteiger partial charge in [-0.05, 0) is 43.2 Å². The molecule has 1 saturated carbocycles. The van der Waals surface area contributed by atoms with Crippen LogP contribution in [0.1, 0.15) is 42.6 Å². The zero-order valence-corrected chi connectivity index (χ0v) is 17.4.